The normalized spacial score (nSPS) is 7.22. The smallest absolute Gasteiger partial charge is 0.174 e. The first-order chi connectivity index (χ1) is 4.18. The van der Waals surface area contributed by atoms with Crippen molar-refractivity contribution in [3.63, 3.8) is 0 Å². The van der Waals surface area contributed by atoms with Gasteiger partial charge >= 0.3 is 0 Å². The predicted octanol–water partition coefficient (Wildman–Crippen LogP) is 3.59. The Morgan fingerprint density at radius 1 is 1.22 bits per heavy atom. The highest BCUT2D eigenvalue weighted by Gasteiger charge is 1.78. The summed E-state index contributed by atoms with van der Waals surface area (Å²) < 4.78 is 21.8. The number of allylic oxidation sites excluding steroid dienone is 1. The Bertz CT molecular complexity index is 63.3. The molecule has 0 fully saturated rings. The van der Waals surface area contributed by atoms with Crippen LogP contribution in [0.5, 0.6) is 0 Å². The monoisotopic (exact) mass is 136 g/mol. The Labute approximate surface area is 55.6 Å². The first-order valence-electron chi connectivity index (χ1n) is 3.20. The molecule has 0 aromatic carbocycles. The van der Waals surface area contributed by atoms with Crippen LogP contribution in [0.15, 0.2) is 12.2 Å². The van der Waals surface area contributed by atoms with E-state index in [4.69, 9.17) is 0 Å². The second kappa shape index (κ2) is 10.6. The van der Waals surface area contributed by atoms with Crippen LogP contribution < -0.4 is 0 Å². The van der Waals surface area contributed by atoms with Gasteiger partial charge in [-0.25, -0.2) is 0 Å². The second-order valence-electron chi connectivity index (χ2n) is 1.61. The molecular formula is C7H14F2. The fraction of sp³-hybridized carbons (Fsp3) is 0.714. The van der Waals surface area contributed by atoms with Gasteiger partial charge in [0, 0.05) is 0 Å². The minimum Gasteiger partial charge on any atom is -0.174 e. The maximum Gasteiger partial charge on any atom is 0.266 e. The molecule has 0 aliphatic carbocycles. The van der Waals surface area contributed by atoms with Crippen LogP contribution in [0.1, 0.15) is 33.6 Å². The summed E-state index contributed by atoms with van der Waals surface area (Å²) in [6.07, 6.45) is 0.958. The molecule has 0 nitrogen and oxygen atoms in total. The van der Waals surface area contributed by atoms with Crippen LogP contribution in [0.25, 0.3) is 0 Å². The van der Waals surface area contributed by atoms with Gasteiger partial charge < -0.3 is 0 Å². The Morgan fingerprint density at radius 3 is 1.56 bits per heavy atom. The molecule has 0 heterocycles. The van der Waals surface area contributed by atoms with E-state index in [0.717, 1.165) is 6.08 Å². The largest absolute Gasteiger partial charge is 0.266 e. The molecule has 0 saturated carbocycles. The third-order valence-electron chi connectivity index (χ3n) is 0.358. The summed E-state index contributed by atoms with van der Waals surface area (Å²) in [5.41, 5.74) is 0. The van der Waals surface area contributed by atoms with Crippen molar-refractivity contribution in [3.05, 3.63) is 12.2 Å². The third-order valence-corrected chi connectivity index (χ3v) is 0.358. The van der Waals surface area contributed by atoms with Crippen LogP contribution >= 0.6 is 0 Å². The highest BCUT2D eigenvalue weighted by Crippen LogP contribution is 1.96. The van der Waals surface area contributed by atoms with E-state index >= 15 is 0 Å². The molecular weight excluding hydrogens is 122 g/mol. The van der Waals surface area contributed by atoms with Gasteiger partial charge in [-0.2, -0.15) is 8.78 Å². The Morgan fingerprint density at radius 2 is 1.56 bits per heavy atom. The van der Waals surface area contributed by atoms with Gasteiger partial charge in [-0.05, 0) is 12.5 Å². The standard InChI is InChI=1S/C4H6F2.C3H8/c1-2-3-4(5)6;1-3-2/h3H,2H2,1H3;3H2,1-2H3. The van der Waals surface area contributed by atoms with E-state index in [1.165, 1.54) is 6.42 Å². The van der Waals surface area contributed by atoms with Gasteiger partial charge in [0.05, 0.1) is 0 Å². The lowest BCUT2D eigenvalue weighted by Gasteiger charge is -1.71. The van der Waals surface area contributed by atoms with Crippen LogP contribution in [0, 0.1) is 0 Å². The number of hydrogen-bond donors (Lipinski definition) is 0. The number of halogens is 2. The minimum atomic E-state index is -1.59. The van der Waals surface area contributed by atoms with E-state index in [9.17, 15) is 8.78 Å². The summed E-state index contributed by atoms with van der Waals surface area (Å²) in [7, 11) is 0. The van der Waals surface area contributed by atoms with Gasteiger partial charge in [-0.1, -0.05) is 27.2 Å². The summed E-state index contributed by atoms with van der Waals surface area (Å²) in [6, 6.07) is 0. The van der Waals surface area contributed by atoms with Crippen LogP contribution in [-0.4, -0.2) is 0 Å². The van der Waals surface area contributed by atoms with Crippen molar-refractivity contribution in [2.24, 2.45) is 0 Å². The molecule has 0 spiro atoms. The molecule has 0 aliphatic rings. The molecule has 0 radical (unpaired) electrons. The molecule has 0 rings (SSSR count). The zero-order chi connectivity index (χ0) is 7.70. The summed E-state index contributed by atoms with van der Waals surface area (Å²) >= 11 is 0. The Balaban J connectivity index is 0. The van der Waals surface area contributed by atoms with Crippen molar-refractivity contribution >= 4 is 0 Å². The first kappa shape index (κ1) is 11.4. The maximum atomic E-state index is 10.9. The van der Waals surface area contributed by atoms with Crippen LogP contribution in [0.4, 0.5) is 8.78 Å². The highest BCUT2D eigenvalue weighted by atomic mass is 19.3. The lowest BCUT2D eigenvalue weighted by molar-refractivity contribution is 0.418. The molecule has 0 saturated heterocycles. The molecule has 56 valence electrons. The van der Waals surface area contributed by atoms with Crippen molar-refractivity contribution in [1.29, 1.82) is 0 Å². The van der Waals surface area contributed by atoms with Crippen LogP contribution in [-0.2, 0) is 0 Å². The minimum absolute atomic E-state index is 0.419. The van der Waals surface area contributed by atoms with E-state index < -0.39 is 6.08 Å². The van der Waals surface area contributed by atoms with Crippen molar-refractivity contribution in [2.75, 3.05) is 0 Å². The fourth-order valence-corrected chi connectivity index (χ4v) is 0.154. The quantitative estimate of drug-likeness (QED) is 0.516. The maximum absolute atomic E-state index is 10.9. The molecule has 0 atom stereocenters. The second-order valence-corrected chi connectivity index (χ2v) is 1.61. The zero-order valence-electron chi connectivity index (χ0n) is 6.25. The molecule has 0 aromatic rings. The van der Waals surface area contributed by atoms with E-state index in [-0.39, 0.29) is 0 Å². The van der Waals surface area contributed by atoms with Gasteiger partial charge in [-0.3, -0.25) is 0 Å². The summed E-state index contributed by atoms with van der Waals surface area (Å²) in [5, 5.41) is 0. The fourth-order valence-electron chi connectivity index (χ4n) is 0.154. The molecule has 0 N–H and O–H groups in total. The zero-order valence-corrected chi connectivity index (χ0v) is 6.25. The molecule has 0 amide bonds. The molecule has 9 heavy (non-hydrogen) atoms. The highest BCUT2D eigenvalue weighted by molar-refractivity contribution is 4.77. The molecule has 0 aromatic heterocycles. The number of rotatable bonds is 1. The first-order valence-corrected chi connectivity index (χ1v) is 3.20. The summed E-state index contributed by atoms with van der Waals surface area (Å²) in [6.45, 7) is 5.92. The molecule has 0 bridgehead atoms. The van der Waals surface area contributed by atoms with E-state index in [0.29, 0.717) is 6.42 Å². The third kappa shape index (κ3) is 35.3. The van der Waals surface area contributed by atoms with Crippen LogP contribution in [0.3, 0.4) is 0 Å². The Kier molecular flexibility index (Phi) is 13.4. The molecule has 2 heteroatoms. The average Bonchev–Trinajstić information content (AvgIpc) is 1.67. The molecule has 0 unspecified atom stereocenters. The SMILES string of the molecule is CCC.CCC=C(F)F. The topological polar surface area (TPSA) is 0 Å². The van der Waals surface area contributed by atoms with Gasteiger partial charge in [0.2, 0.25) is 0 Å². The van der Waals surface area contributed by atoms with E-state index in [1.807, 2.05) is 0 Å². The molecule has 0 aliphatic heterocycles. The van der Waals surface area contributed by atoms with E-state index in [1.54, 1.807) is 6.92 Å². The lowest BCUT2D eigenvalue weighted by Crippen LogP contribution is -1.53. The van der Waals surface area contributed by atoms with Gasteiger partial charge in [0.1, 0.15) is 0 Å². The lowest BCUT2D eigenvalue weighted by atomic mass is 10.5. The van der Waals surface area contributed by atoms with Crippen molar-refractivity contribution < 1.29 is 8.78 Å². The van der Waals surface area contributed by atoms with Crippen molar-refractivity contribution in [2.45, 2.75) is 33.6 Å². The van der Waals surface area contributed by atoms with Crippen molar-refractivity contribution in [1.82, 2.24) is 0 Å². The van der Waals surface area contributed by atoms with Gasteiger partial charge in [0.15, 0.2) is 0 Å². The van der Waals surface area contributed by atoms with E-state index in [2.05, 4.69) is 13.8 Å². The summed E-state index contributed by atoms with van der Waals surface area (Å²) in [5.74, 6) is 0. The summed E-state index contributed by atoms with van der Waals surface area (Å²) in [4.78, 5) is 0. The van der Waals surface area contributed by atoms with Crippen molar-refractivity contribution in [3.8, 4) is 0 Å². The predicted molar refractivity (Wildman–Crippen MR) is 36.6 cm³/mol. The van der Waals surface area contributed by atoms with Gasteiger partial charge in [-0.15, -0.1) is 0 Å². The van der Waals surface area contributed by atoms with Gasteiger partial charge in [0.25, 0.3) is 6.08 Å². The number of hydrogen-bond acceptors (Lipinski definition) is 0. The Hall–Kier alpha value is -0.400. The average molecular weight is 136 g/mol. The van der Waals surface area contributed by atoms with Crippen LogP contribution in [0.2, 0.25) is 0 Å².